The topological polar surface area (TPSA) is 97.6 Å². The molecule has 0 aliphatic rings. The summed E-state index contributed by atoms with van der Waals surface area (Å²) >= 11 is 0. The monoisotopic (exact) mass is 444 g/mol. The molecule has 2 aromatic carbocycles. The van der Waals surface area contributed by atoms with E-state index < -0.39 is 21.7 Å². The normalized spacial score (nSPS) is 13.1. The smallest absolute Gasteiger partial charge is 0.407 e. The maximum absolute atomic E-state index is 12.7. The van der Waals surface area contributed by atoms with Crippen LogP contribution in [0, 0.1) is 0 Å². The average molecular weight is 445 g/mol. The summed E-state index contributed by atoms with van der Waals surface area (Å²) in [5, 5.41) is 3.58. The molecule has 0 radical (unpaired) electrons. The Balaban J connectivity index is 1.64. The minimum atomic E-state index is -3.69. The van der Waals surface area contributed by atoms with Gasteiger partial charge in [0.1, 0.15) is 11.2 Å². The molecule has 1 atom stereocenters. The Hall–Kier alpha value is -2.84. The van der Waals surface area contributed by atoms with Gasteiger partial charge >= 0.3 is 6.09 Å². The van der Waals surface area contributed by atoms with E-state index in [4.69, 9.17) is 9.15 Å². The van der Waals surface area contributed by atoms with Crippen LogP contribution in [0.4, 0.5) is 4.79 Å². The number of alkyl carbamates (subject to hydrolysis) is 1. The Bertz CT molecular complexity index is 1120. The van der Waals surface area contributed by atoms with Crippen molar-refractivity contribution in [1.29, 1.82) is 0 Å². The summed E-state index contributed by atoms with van der Waals surface area (Å²) in [6.45, 7) is 5.55. The van der Waals surface area contributed by atoms with Crippen molar-refractivity contribution in [2.24, 2.45) is 0 Å². The first-order chi connectivity index (χ1) is 14.6. The number of benzene rings is 2. The standard InChI is InChI=1S/C23H28N2O5S/c1-23(2,3)30-22(26)25-19(15-17-7-5-4-6-8-17)11-13-24-31(27,28)20-9-10-21-18(16-20)12-14-29-21/h4-10,12,14,16,19,24H,11,13,15H2,1-3H3,(H,25,26)/t19-/m0/s1. The first-order valence-electron chi connectivity index (χ1n) is 10.1. The molecule has 3 aromatic rings. The molecule has 0 saturated heterocycles. The van der Waals surface area contributed by atoms with E-state index in [0.717, 1.165) is 10.9 Å². The zero-order chi connectivity index (χ0) is 22.5. The molecule has 0 spiro atoms. The molecule has 0 bridgehead atoms. The van der Waals surface area contributed by atoms with Crippen LogP contribution in [0.1, 0.15) is 32.8 Å². The van der Waals surface area contributed by atoms with Crippen LogP contribution >= 0.6 is 0 Å². The van der Waals surface area contributed by atoms with Gasteiger partial charge in [-0.15, -0.1) is 0 Å². The summed E-state index contributed by atoms with van der Waals surface area (Å²) in [4.78, 5) is 12.4. The van der Waals surface area contributed by atoms with Crippen LogP contribution in [-0.2, 0) is 21.2 Å². The molecule has 7 nitrogen and oxygen atoms in total. The van der Waals surface area contributed by atoms with Crippen LogP contribution in [0.5, 0.6) is 0 Å². The zero-order valence-electron chi connectivity index (χ0n) is 17.9. The number of furan rings is 1. The zero-order valence-corrected chi connectivity index (χ0v) is 18.7. The van der Waals surface area contributed by atoms with Crippen molar-refractivity contribution in [1.82, 2.24) is 10.0 Å². The Labute approximate surface area is 182 Å². The fourth-order valence-electron chi connectivity index (χ4n) is 3.16. The molecule has 0 aliphatic carbocycles. The molecule has 8 heteroatoms. The van der Waals surface area contributed by atoms with Crippen molar-refractivity contribution < 1.29 is 22.4 Å². The first-order valence-corrected chi connectivity index (χ1v) is 11.6. The van der Waals surface area contributed by atoms with Crippen LogP contribution in [0.15, 0.2) is 70.2 Å². The number of hydrogen-bond donors (Lipinski definition) is 2. The van der Waals surface area contributed by atoms with Crippen molar-refractivity contribution in [3.63, 3.8) is 0 Å². The number of carbonyl (C=O) groups excluding carboxylic acids is 1. The third-order valence-corrected chi connectivity index (χ3v) is 6.02. The predicted molar refractivity (Wildman–Crippen MR) is 119 cm³/mol. The lowest BCUT2D eigenvalue weighted by atomic mass is 10.0. The van der Waals surface area contributed by atoms with Crippen LogP contribution in [-0.4, -0.2) is 32.7 Å². The molecule has 31 heavy (non-hydrogen) atoms. The summed E-state index contributed by atoms with van der Waals surface area (Å²) < 4.78 is 38.6. The third kappa shape index (κ3) is 6.83. The first kappa shape index (κ1) is 22.8. The second kappa shape index (κ2) is 9.53. The van der Waals surface area contributed by atoms with Crippen molar-refractivity contribution in [2.75, 3.05) is 6.54 Å². The van der Waals surface area contributed by atoms with Gasteiger partial charge in [0.2, 0.25) is 10.0 Å². The molecular formula is C23H28N2O5S. The van der Waals surface area contributed by atoms with Gasteiger partial charge in [0.15, 0.2) is 0 Å². The number of rotatable bonds is 8. The van der Waals surface area contributed by atoms with Crippen LogP contribution in [0.2, 0.25) is 0 Å². The van der Waals surface area contributed by atoms with Crippen LogP contribution < -0.4 is 10.0 Å². The van der Waals surface area contributed by atoms with Crippen molar-refractivity contribution in [3.05, 3.63) is 66.4 Å². The van der Waals surface area contributed by atoms with Gasteiger partial charge in [-0.2, -0.15) is 0 Å². The molecule has 1 aromatic heterocycles. The molecule has 166 valence electrons. The van der Waals surface area contributed by atoms with E-state index in [1.54, 1.807) is 39.0 Å². The van der Waals surface area contributed by atoms with Crippen LogP contribution in [0.25, 0.3) is 11.0 Å². The number of nitrogens with one attached hydrogen (secondary N) is 2. The lowest BCUT2D eigenvalue weighted by Crippen LogP contribution is -2.42. The van der Waals surface area contributed by atoms with E-state index >= 15 is 0 Å². The number of amides is 1. The van der Waals surface area contributed by atoms with Gasteiger partial charge in [-0.25, -0.2) is 17.9 Å². The quantitative estimate of drug-likeness (QED) is 0.542. The fraction of sp³-hybridized carbons (Fsp3) is 0.348. The van der Waals surface area contributed by atoms with E-state index in [1.165, 1.54) is 12.3 Å². The Kier molecular flexibility index (Phi) is 7.02. The highest BCUT2D eigenvalue weighted by Crippen LogP contribution is 2.20. The predicted octanol–water partition coefficient (Wildman–Crippen LogP) is 4.24. The van der Waals surface area contributed by atoms with E-state index in [0.29, 0.717) is 18.4 Å². The maximum Gasteiger partial charge on any atom is 0.407 e. The van der Waals surface area contributed by atoms with E-state index in [9.17, 15) is 13.2 Å². The number of carbonyl (C=O) groups is 1. The van der Waals surface area contributed by atoms with Crippen molar-refractivity contribution in [3.8, 4) is 0 Å². The lowest BCUT2D eigenvalue weighted by molar-refractivity contribution is 0.0502. The number of sulfonamides is 1. The minimum Gasteiger partial charge on any atom is -0.464 e. The van der Waals surface area contributed by atoms with Crippen molar-refractivity contribution in [2.45, 2.75) is 50.2 Å². The SMILES string of the molecule is CC(C)(C)OC(=O)N[C@@H](CCNS(=O)(=O)c1ccc2occc2c1)Cc1ccccc1. The van der Waals surface area contributed by atoms with E-state index in [-0.39, 0.29) is 17.5 Å². The molecule has 1 amide bonds. The van der Waals surface area contributed by atoms with Gasteiger partial charge in [0, 0.05) is 18.0 Å². The molecular weight excluding hydrogens is 416 g/mol. The Morgan fingerprint density at radius 3 is 2.55 bits per heavy atom. The third-order valence-electron chi connectivity index (χ3n) is 4.56. The Morgan fingerprint density at radius 2 is 1.84 bits per heavy atom. The summed E-state index contributed by atoms with van der Waals surface area (Å²) in [7, 11) is -3.69. The molecule has 0 saturated carbocycles. The largest absolute Gasteiger partial charge is 0.464 e. The molecule has 1 heterocycles. The second-order valence-electron chi connectivity index (χ2n) is 8.34. The van der Waals surface area contributed by atoms with Gasteiger partial charge in [-0.05, 0) is 63.4 Å². The highest BCUT2D eigenvalue weighted by molar-refractivity contribution is 7.89. The van der Waals surface area contributed by atoms with E-state index in [2.05, 4.69) is 10.0 Å². The Morgan fingerprint density at radius 1 is 1.10 bits per heavy atom. The molecule has 2 N–H and O–H groups in total. The van der Waals surface area contributed by atoms with Gasteiger partial charge in [-0.1, -0.05) is 30.3 Å². The minimum absolute atomic E-state index is 0.166. The molecule has 0 fully saturated rings. The summed E-state index contributed by atoms with van der Waals surface area (Å²) in [5.74, 6) is 0. The van der Waals surface area contributed by atoms with Gasteiger partial charge in [-0.3, -0.25) is 0 Å². The lowest BCUT2D eigenvalue weighted by Gasteiger charge is -2.24. The van der Waals surface area contributed by atoms with Crippen LogP contribution in [0.3, 0.4) is 0 Å². The maximum atomic E-state index is 12.7. The summed E-state index contributed by atoms with van der Waals surface area (Å²) in [5.41, 5.74) is 1.05. The molecule has 0 aliphatic heterocycles. The summed E-state index contributed by atoms with van der Waals surface area (Å²) in [6, 6.07) is 15.8. The van der Waals surface area contributed by atoms with E-state index in [1.807, 2.05) is 30.3 Å². The second-order valence-corrected chi connectivity index (χ2v) is 10.1. The van der Waals surface area contributed by atoms with Gasteiger partial charge in [0.05, 0.1) is 11.2 Å². The van der Waals surface area contributed by atoms with Crippen molar-refractivity contribution >= 4 is 27.1 Å². The fourth-order valence-corrected chi connectivity index (χ4v) is 4.24. The average Bonchev–Trinajstić information content (AvgIpc) is 3.15. The summed E-state index contributed by atoms with van der Waals surface area (Å²) in [6.07, 6.45) is 1.96. The van der Waals surface area contributed by atoms with Gasteiger partial charge in [0.25, 0.3) is 0 Å². The number of fused-ring (bicyclic) bond motifs is 1. The number of ether oxygens (including phenoxy) is 1. The highest BCUT2D eigenvalue weighted by Gasteiger charge is 2.21. The molecule has 0 unspecified atom stereocenters. The number of hydrogen-bond acceptors (Lipinski definition) is 5. The van der Waals surface area contributed by atoms with Gasteiger partial charge < -0.3 is 14.5 Å². The highest BCUT2D eigenvalue weighted by atomic mass is 32.2. The molecule has 3 rings (SSSR count).